The van der Waals surface area contributed by atoms with Gasteiger partial charge >= 0.3 is 5.97 Å². The summed E-state index contributed by atoms with van der Waals surface area (Å²) in [5.41, 5.74) is 6.26. The zero-order chi connectivity index (χ0) is 14.0. The summed E-state index contributed by atoms with van der Waals surface area (Å²) in [6.45, 7) is 1.14. The topological polar surface area (TPSA) is 88.0 Å². The van der Waals surface area contributed by atoms with E-state index in [1.54, 1.807) is 12.1 Å². The zero-order valence-electron chi connectivity index (χ0n) is 10.9. The van der Waals surface area contributed by atoms with Crippen molar-refractivity contribution in [3.05, 3.63) is 35.9 Å². The van der Waals surface area contributed by atoms with Crippen molar-refractivity contribution in [3.8, 4) is 0 Å². The van der Waals surface area contributed by atoms with Crippen LogP contribution >= 0.6 is 0 Å². The third-order valence-corrected chi connectivity index (χ3v) is 2.17. The standard InChI is InChI=1S/C9H10NO2.C4H11NO/c10-8(9(11)12)6-7-4-2-1-3-5-7;1-5(2)3-4-6/h2-5,8H,6,10H2,(H,11,12);6H,3-4H2,1-2H3/q-1;/p+1. The SMILES string of the molecule is C[NH+](C)CCO.NC(Cc1cc[c-]cc1)C(=O)O. The fourth-order valence-corrected chi connectivity index (χ4v) is 1.12. The average molecular weight is 254 g/mol. The van der Waals surface area contributed by atoms with Crippen molar-refractivity contribution in [2.24, 2.45) is 5.73 Å². The van der Waals surface area contributed by atoms with E-state index in [4.69, 9.17) is 15.9 Å². The number of nitrogens with one attached hydrogen (secondary N) is 1. The van der Waals surface area contributed by atoms with Crippen LogP contribution in [-0.2, 0) is 11.2 Å². The molecule has 0 heterocycles. The van der Waals surface area contributed by atoms with Crippen molar-refractivity contribution in [1.29, 1.82) is 0 Å². The quantitative estimate of drug-likeness (QED) is 0.485. The second kappa shape index (κ2) is 9.58. The van der Waals surface area contributed by atoms with Crippen LogP contribution in [0, 0.1) is 6.07 Å². The molecule has 0 radical (unpaired) electrons. The zero-order valence-corrected chi connectivity index (χ0v) is 10.9. The highest BCUT2D eigenvalue weighted by Crippen LogP contribution is 2.00. The third-order valence-electron chi connectivity index (χ3n) is 2.17. The van der Waals surface area contributed by atoms with Crippen LogP contribution in [-0.4, -0.2) is 49.5 Å². The van der Waals surface area contributed by atoms with E-state index in [9.17, 15) is 4.79 Å². The molecule has 0 aromatic heterocycles. The number of hydrogen-bond acceptors (Lipinski definition) is 3. The Morgan fingerprint density at radius 3 is 2.33 bits per heavy atom. The Morgan fingerprint density at radius 2 is 2.00 bits per heavy atom. The van der Waals surface area contributed by atoms with Gasteiger partial charge in [0.15, 0.2) is 0 Å². The summed E-state index contributed by atoms with van der Waals surface area (Å²) < 4.78 is 0. The molecule has 102 valence electrons. The van der Waals surface area contributed by atoms with Gasteiger partial charge in [-0.3, -0.25) is 4.79 Å². The van der Waals surface area contributed by atoms with Crippen molar-refractivity contribution in [2.75, 3.05) is 27.2 Å². The molecular formula is C13H22N2O3. The van der Waals surface area contributed by atoms with Gasteiger partial charge in [0.1, 0.15) is 12.6 Å². The van der Waals surface area contributed by atoms with E-state index in [-0.39, 0.29) is 0 Å². The average Bonchev–Trinajstić information content (AvgIpc) is 2.30. The first-order chi connectivity index (χ1) is 8.47. The molecule has 1 aromatic rings. The van der Waals surface area contributed by atoms with Crippen molar-refractivity contribution in [1.82, 2.24) is 0 Å². The van der Waals surface area contributed by atoms with E-state index < -0.39 is 12.0 Å². The Kier molecular flexibility index (Phi) is 8.82. The van der Waals surface area contributed by atoms with Crippen molar-refractivity contribution in [2.45, 2.75) is 12.5 Å². The monoisotopic (exact) mass is 254 g/mol. The summed E-state index contributed by atoms with van der Waals surface area (Å²) in [7, 11) is 4.02. The normalized spacial score (nSPS) is 11.6. The van der Waals surface area contributed by atoms with Gasteiger partial charge in [0.25, 0.3) is 0 Å². The number of rotatable bonds is 5. The minimum absolute atomic E-state index is 0.294. The second-order valence-corrected chi connectivity index (χ2v) is 4.24. The summed E-state index contributed by atoms with van der Waals surface area (Å²) in [5.74, 6) is -0.970. The fraction of sp³-hybridized carbons (Fsp3) is 0.462. The van der Waals surface area contributed by atoms with Crippen LogP contribution in [0.25, 0.3) is 0 Å². The molecule has 5 N–H and O–H groups in total. The molecule has 0 spiro atoms. The Balaban J connectivity index is 0.000000411. The molecule has 0 amide bonds. The molecule has 0 aliphatic rings. The molecule has 0 aliphatic heterocycles. The number of aliphatic hydroxyl groups is 1. The number of carboxylic acids is 1. The number of carbonyl (C=O) groups is 1. The first kappa shape index (κ1) is 16.6. The predicted octanol–water partition coefficient (Wildman–Crippen LogP) is -1.44. The summed E-state index contributed by atoms with van der Waals surface area (Å²) in [5, 5.41) is 16.7. The second-order valence-electron chi connectivity index (χ2n) is 4.24. The number of quaternary nitrogens is 1. The fourth-order valence-electron chi connectivity index (χ4n) is 1.12. The van der Waals surface area contributed by atoms with Crippen molar-refractivity contribution >= 4 is 5.97 Å². The van der Waals surface area contributed by atoms with Crippen LogP contribution in [0.4, 0.5) is 0 Å². The lowest BCUT2D eigenvalue weighted by molar-refractivity contribution is -0.858. The number of likely N-dealkylation sites (N-methyl/N-ethyl adjacent to an activating group) is 1. The highest BCUT2D eigenvalue weighted by molar-refractivity contribution is 5.73. The molecule has 1 rings (SSSR count). The molecule has 1 atom stereocenters. The smallest absolute Gasteiger partial charge is 0.320 e. The maximum Gasteiger partial charge on any atom is 0.320 e. The molecule has 5 heteroatoms. The van der Waals surface area contributed by atoms with Crippen LogP contribution in [0.3, 0.4) is 0 Å². The van der Waals surface area contributed by atoms with Crippen LogP contribution < -0.4 is 10.6 Å². The van der Waals surface area contributed by atoms with Crippen LogP contribution in [0.5, 0.6) is 0 Å². The minimum atomic E-state index is -0.970. The van der Waals surface area contributed by atoms with Crippen LogP contribution in [0.1, 0.15) is 5.56 Å². The molecule has 0 saturated carbocycles. The van der Waals surface area contributed by atoms with Gasteiger partial charge in [0.2, 0.25) is 0 Å². The maximum atomic E-state index is 10.4. The number of carboxylic acid groups (broad SMARTS) is 1. The number of aliphatic hydroxyl groups excluding tert-OH is 1. The van der Waals surface area contributed by atoms with E-state index >= 15 is 0 Å². The molecule has 5 nitrogen and oxygen atoms in total. The highest BCUT2D eigenvalue weighted by atomic mass is 16.4. The summed E-state index contributed by atoms with van der Waals surface area (Å²) in [6.07, 6.45) is 0.365. The van der Waals surface area contributed by atoms with Crippen LogP contribution in [0.15, 0.2) is 24.3 Å². The van der Waals surface area contributed by atoms with Gasteiger partial charge < -0.3 is 20.8 Å². The van der Waals surface area contributed by atoms with Gasteiger partial charge in [-0.15, -0.1) is 0 Å². The summed E-state index contributed by atoms with van der Waals surface area (Å²) in [4.78, 5) is 11.7. The summed E-state index contributed by atoms with van der Waals surface area (Å²) in [6, 6.07) is 9.13. The molecular weight excluding hydrogens is 232 g/mol. The van der Waals surface area contributed by atoms with Gasteiger partial charge in [-0.2, -0.15) is 35.9 Å². The molecule has 0 saturated heterocycles. The molecule has 1 unspecified atom stereocenters. The number of aliphatic carboxylic acids is 1. The Labute approximate surface area is 108 Å². The molecule has 0 bridgehead atoms. The molecule has 0 aliphatic carbocycles. The van der Waals surface area contributed by atoms with Gasteiger partial charge in [-0.25, -0.2) is 0 Å². The van der Waals surface area contributed by atoms with Crippen molar-refractivity contribution in [3.63, 3.8) is 0 Å². The van der Waals surface area contributed by atoms with Gasteiger partial charge in [-0.05, 0) is 6.42 Å². The first-order valence-electron chi connectivity index (χ1n) is 5.80. The van der Waals surface area contributed by atoms with Gasteiger partial charge in [0.05, 0.1) is 20.7 Å². The minimum Gasteiger partial charge on any atom is -0.480 e. The lowest BCUT2D eigenvalue weighted by atomic mass is 10.1. The van der Waals surface area contributed by atoms with E-state index in [1.165, 1.54) is 4.90 Å². The first-order valence-corrected chi connectivity index (χ1v) is 5.80. The lowest BCUT2D eigenvalue weighted by Gasteiger charge is -2.09. The number of benzene rings is 1. The van der Waals surface area contributed by atoms with E-state index in [0.717, 1.165) is 12.1 Å². The van der Waals surface area contributed by atoms with E-state index in [1.807, 2.05) is 26.2 Å². The third kappa shape index (κ3) is 8.69. The van der Waals surface area contributed by atoms with Crippen LogP contribution in [0.2, 0.25) is 0 Å². The highest BCUT2D eigenvalue weighted by Gasteiger charge is 2.09. The molecule has 1 aromatic carbocycles. The Hall–Kier alpha value is -1.43. The van der Waals surface area contributed by atoms with Crippen molar-refractivity contribution < 1.29 is 19.9 Å². The Morgan fingerprint density at radius 1 is 1.44 bits per heavy atom. The number of nitrogens with two attached hydrogens (primary N) is 1. The molecule has 0 fully saturated rings. The van der Waals surface area contributed by atoms with Gasteiger partial charge in [0, 0.05) is 0 Å². The molecule has 18 heavy (non-hydrogen) atoms. The van der Waals surface area contributed by atoms with Gasteiger partial charge in [-0.1, -0.05) is 0 Å². The Bertz CT molecular complexity index is 328. The number of hydrogen-bond donors (Lipinski definition) is 4. The van der Waals surface area contributed by atoms with E-state index in [2.05, 4.69) is 6.07 Å². The lowest BCUT2D eigenvalue weighted by Crippen LogP contribution is -3.06. The largest absolute Gasteiger partial charge is 0.480 e. The van der Waals surface area contributed by atoms with E-state index in [0.29, 0.717) is 13.0 Å². The predicted molar refractivity (Wildman–Crippen MR) is 69.4 cm³/mol. The maximum absolute atomic E-state index is 10.4. The summed E-state index contributed by atoms with van der Waals surface area (Å²) >= 11 is 0.